The second-order valence-corrected chi connectivity index (χ2v) is 10.5. The largest absolute Gasteiger partial charge is 0.508 e. The first-order chi connectivity index (χ1) is 19.0. The van der Waals surface area contributed by atoms with Gasteiger partial charge < -0.3 is 20.2 Å². The van der Waals surface area contributed by atoms with Gasteiger partial charge in [-0.05, 0) is 79.4 Å². The predicted octanol–water partition coefficient (Wildman–Crippen LogP) is 5.19. The van der Waals surface area contributed by atoms with Crippen LogP contribution in [0.15, 0.2) is 48.5 Å². The molecule has 9 heteroatoms. The molecular formula is C30H31ClN6O2. The molecule has 8 nitrogen and oxygen atoms in total. The van der Waals surface area contributed by atoms with Gasteiger partial charge in [0.15, 0.2) is 5.65 Å². The molecule has 1 amide bonds. The maximum absolute atomic E-state index is 13.8. The number of H-pyrrole nitrogens is 1. The number of pyridine rings is 1. The van der Waals surface area contributed by atoms with E-state index in [4.69, 9.17) is 16.6 Å². The van der Waals surface area contributed by atoms with Crippen molar-refractivity contribution >= 4 is 46.4 Å². The van der Waals surface area contributed by atoms with E-state index >= 15 is 0 Å². The first kappa shape index (κ1) is 25.4. The molecule has 0 saturated carbocycles. The van der Waals surface area contributed by atoms with Gasteiger partial charge in [0.1, 0.15) is 5.75 Å². The minimum atomic E-state index is -0.0462. The Morgan fingerprint density at radius 3 is 2.49 bits per heavy atom. The summed E-state index contributed by atoms with van der Waals surface area (Å²) in [5.74, 6) is 0.128. The van der Waals surface area contributed by atoms with Gasteiger partial charge in [0.25, 0.3) is 5.91 Å². The number of aromatic nitrogens is 3. The molecule has 2 aliphatic rings. The van der Waals surface area contributed by atoms with Gasteiger partial charge in [0.2, 0.25) is 0 Å². The topological polar surface area (TPSA) is 97.4 Å². The number of piperazine rings is 1. The van der Waals surface area contributed by atoms with Gasteiger partial charge >= 0.3 is 0 Å². The average molecular weight is 543 g/mol. The van der Waals surface area contributed by atoms with Crippen LogP contribution in [0.5, 0.6) is 5.75 Å². The molecule has 200 valence electrons. The Bertz CT molecular complexity index is 1520. The molecule has 4 aromatic rings. The molecular weight excluding hydrogens is 512 g/mol. The fourth-order valence-electron chi connectivity index (χ4n) is 5.36. The van der Waals surface area contributed by atoms with Crippen molar-refractivity contribution in [2.24, 2.45) is 0 Å². The van der Waals surface area contributed by atoms with E-state index in [9.17, 15) is 9.90 Å². The molecule has 6 rings (SSSR count). The maximum atomic E-state index is 13.8. The summed E-state index contributed by atoms with van der Waals surface area (Å²) in [6.07, 6.45) is 7.60. The van der Waals surface area contributed by atoms with E-state index in [0.717, 1.165) is 43.0 Å². The number of carbonyl (C=O) groups excluding carboxylic acids is 1. The van der Waals surface area contributed by atoms with E-state index in [1.54, 1.807) is 24.3 Å². The Labute approximate surface area is 232 Å². The molecule has 2 aromatic heterocycles. The number of fused-ring (bicyclic) bond motifs is 1. The highest BCUT2D eigenvalue weighted by molar-refractivity contribution is 6.31. The van der Waals surface area contributed by atoms with Crippen LogP contribution < -0.4 is 10.2 Å². The van der Waals surface area contributed by atoms with Gasteiger partial charge in [-0.25, -0.2) is 4.98 Å². The lowest BCUT2D eigenvalue weighted by Gasteiger charge is -2.29. The van der Waals surface area contributed by atoms with Crippen molar-refractivity contribution in [1.82, 2.24) is 25.4 Å². The third-order valence-corrected chi connectivity index (χ3v) is 7.64. The molecule has 4 heterocycles. The Morgan fingerprint density at radius 1 is 0.949 bits per heavy atom. The Morgan fingerprint density at radius 2 is 1.72 bits per heavy atom. The molecule has 0 bridgehead atoms. The summed E-state index contributed by atoms with van der Waals surface area (Å²) in [5.41, 5.74) is 5.28. The van der Waals surface area contributed by atoms with Gasteiger partial charge in [-0.1, -0.05) is 17.7 Å². The zero-order valence-corrected chi connectivity index (χ0v) is 22.4. The molecule has 2 aromatic carbocycles. The molecule has 0 atom stereocenters. The summed E-state index contributed by atoms with van der Waals surface area (Å²) in [6, 6.07) is 14.7. The van der Waals surface area contributed by atoms with Crippen molar-refractivity contribution < 1.29 is 9.90 Å². The van der Waals surface area contributed by atoms with Crippen LogP contribution >= 0.6 is 11.6 Å². The summed E-state index contributed by atoms with van der Waals surface area (Å²) in [5, 5.41) is 22.0. The fraction of sp³-hybridized carbons (Fsp3) is 0.300. The third-order valence-electron chi connectivity index (χ3n) is 7.42. The number of nitrogens with one attached hydrogen (secondary N) is 2. The van der Waals surface area contributed by atoms with Crippen LogP contribution in [0.1, 0.15) is 40.9 Å². The second-order valence-electron chi connectivity index (χ2n) is 10.1. The highest BCUT2D eigenvalue weighted by Gasteiger charge is 2.24. The summed E-state index contributed by atoms with van der Waals surface area (Å²) >= 11 is 6.50. The molecule has 3 N–H and O–H groups in total. The van der Waals surface area contributed by atoms with Gasteiger partial charge in [-0.2, -0.15) is 5.10 Å². The molecule has 0 unspecified atom stereocenters. The monoisotopic (exact) mass is 542 g/mol. The summed E-state index contributed by atoms with van der Waals surface area (Å²) < 4.78 is 0. The van der Waals surface area contributed by atoms with E-state index in [2.05, 4.69) is 26.5 Å². The highest BCUT2D eigenvalue weighted by atomic mass is 35.5. The lowest BCUT2D eigenvalue weighted by atomic mass is 10.0. The number of anilines is 1. The normalized spacial score (nSPS) is 16.3. The van der Waals surface area contributed by atoms with Gasteiger partial charge in [-0.15, -0.1) is 0 Å². The lowest BCUT2D eigenvalue weighted by molar-refractivity contribution is 0.0737. The van der Waals surface area contributed by atoms with E-state index in [1.807, 2.05) is 35.3 Å². The first-order valence-electron chi connectivity index (χ1n) is 13.5. The van der Waals surface area contributed by atoms with Crippen LogP contribution in [-0.4, -0.2) is 70.4 Å². The minimum absolute atomic E-state index is 0.0462. The SMILES string of the molecule is O=C(c1cc(-c2ccc(O)cc2)nc2n[nH]c(C=Cc3cc(Cl)cc(N4CCCCC4)c3)c12)N1CCNCC1. The van der Waals surface area contributed by atoms with E-state index in [-0.39, 0.29) is 11.7 Å². The van der Waals surface area contributed by atoms with Crippen LogP contribution in [0.4, 0.5) is 5.69 Å². The zero-order valence-electron chi connectivity index (χ0n) is 21.7. The number of nitrogens with zero attached hydrogens (tertiary/aromatic N) is 4. The van der Waals surface area contributed by atoms with Crippen molar-refractivity contribution in [3.8, 4) is 17.0 Å². The summed E-state index contributed by atoms with van der Waals surface area (Å²) in [4.78, 5) is 22.8. The molecule has 0 radical (unpaired) electrons. The van der Waals surface area contributed by atoms with Crippen LogP contribution in [0.3, 0.4) is 0 Å². The van der Waals surface area contributed by atoms with Crippen LogP contribution in [0.25, 0.3) is 34.4 Å². The number of phenolic OH excluding ortho intramolecular Hbond substituents is 1. The number of hydrogen-bond donors (Lipinski definition) is 3. The second kappa shape index (κ2) is 11.1. The molecule has 0 aliphatic carbocycles. The number of aromatic hydroxyl groups is 1. The highest BCUT2D eigenvalue weighted by Crippen LogP contribution is 2.30. The van der Waals surface area contributed by atoms with Crippen LogP contribution in [0, 0.1) is 0 Å². The van der Waals surface area contributed by atoms with E-state index in [1.165, 1.54) is 19.3 Å². The zero-order chi connectivity index (χ0) is 26.8. The van der Waals surface area contributed by atoms with E-state index in [0.29, 0.717) is 46.1 Å². The van der Waals surface area contributed by atoms with Crippen molar-refractivity contribution in [3.05, 3.63) is 70.4 Å². The first-order valence-corrected chi connectivity index (χ1v) is 13.8. The van der Waals surface area contributed by atoms with Crippen molar-refractivity contribution in [1.29, 1.82) is 0 Å². The Kier molecular flexibility index (Phi) is 7.22. The number of aromatic amines is 1. The number of piperidine rings is 1. The smallest absolute Gasteiger partial charge is 0.254 e. The molecule has 2 saturated heterocycles. The Balaban J connectivity index is 1.40. The minimum Gasteiger partial charge on any atom is -0.508 e. The fourth-order valence-corrected chi connectivity index (χ4v) is 5.60. The Hall–Kier alpha value is -3.88. The summed E-state index contributed by atoms with van der Waals surface area (Å²) in [7, 11) is 0. The number of benzene rings is 2. The standard InChI is InChI=1S/C30H31ClN6O2/c31-22-16-20(17-23(18-22)36-12-2-1-3-13-36)4-9-26-28-25(30(39)37-14-10-32-11-15-37)19-27(33-29(28)35-34-26)21-5-7-24(38)8-6-21/h4-9,16-19,32,38H,1-3,10-15H2,(H,33,34,35). The molecule has 2 fully saturated rings. The maximum Gasteiger partial charge on any atom is 0.254 e. The van der Waals surface area contributed by atoms with Crippen molar-refractivity contribution in [2.45, 2.75) is 19.3 Å². The quantitative estimate of drug-likeness (QED) is 0.321. The van der Waals surface area contributed by atoms with Gasteiger partial charge in [0, 0.05) is 55.5 Å². The average Bonchev–Trinajstić information content (AvgIpc) is 3.39. The lowest BCUT2D eigenvalue weighted by Crippen LogP contribution is -2.46. The van der Waals surface area contributed by atoms with Gasteiger partial charge in [-0.3, -0.25) is 9.89 Å². The number of phenols is 1. The number of carbonyl (C=O) groups is 1. The molecule has 2 aliphatic heterocycles. The predicted molar refractivity (Wildman–Crippen MR) is 156 cm³/mol. The van der Waals surface area contributed by atoms with E-state index < -0.39 is 0 Å². The summed E-state index contributed by atoms with van der Waals surface area (Å²) in [6.45, 7) is 4.89. The van der Waals surface area contributed by atoms with Crippen molar-refractivity contribution in [3.63, 3.8) is 0 Å². The van der Waals surface area contributed by atoms with Gasteiger partial charge in [0.05, 0.1) is 22.3 Å². The van der Waals surface area contributed by atoms with Crippen LogP contribution in [0.2, 0.25) is 5.02 Å². The van der Waals surface area contributed by atoms with Crippen molar-refractivity contribution in [2.75, 3.05) is 44.2 Å². The molecule has 0 spiro atoms. The third kappa shape index (κ3) is 5.48. The number of rotatable bonds is 5. The number of halogens is 1. The van der Waals surface area contributed by atoms with Crippen LogP contribution in [-0.2, 0) is 0 Å². The molecule has 39 heavy (non-hydrogen) atoms. The number of hydrogen-bond acceptors (Lipinski definition) is 6. The number of amides is 1.